The molecule has 1 aliphatic heterocycles. The van der Waals surface area contributed by atoms with Gasteiger partial charge in [-0.25, -0.2) is 0 Å². The second-order valence-electron chi connectivity index (χ2n) is 4.80. The molecule has 16 heavy (non-hydrogen) atoms. The summed E-state index contributed by atoms with van der Waals surface area (Å²) in [6, 6.07) is -0.00822. The number of nitrogens with zero attached hydrogens (tertiary/aromatic N) is 2. The van der Waals surface area contributed by atoms with E-state index in [0.717, 1.165) is 31.7 Å². The van der Waals surface area contributed by atoms with E-state index in [4.69, 9.17) is 10.5 Å². The van der Waals surface area contributed by atoms with E-state index in [0.29, 0.717) is 0 Å². The van der Waals surface area contributed by atoms with Gasteiger partial charge in [-0.05, 0) is 13.3 Å². The van der Waals surface area contributed by atoms with Crippen LogP contribution >= 0.6 is 0 Å². The van der Waals surface area contributed by atoms with Crippen molar-refractivity contribution >= 4 is 0 Å². The van der Waals surface area contributed by atoms with Crippen LogP contribution in [0.5, 0.6) is 0 Å². The van der Waals surface area contributed by atoms with Crippen molar-refractivity contribution in [3.63, 3.8) is 0 Å². The number of nitrogens with two attached hydrogens (primary N) is 1. The Morgan fingerprint density at radius 2 is 2.56 bits per heavy atom. The van der Waals surface area contributed by atoms with Crippen LogP contribution in [0.4, 0.5) is 0 Å². The van der Waals surface area contributed by atoms with Gasteiger partial charge in [0.25, 0.3) is 0 Å². The molecule has 1 aliphatic rings. The topological polar surface area (TPSA) is 65.1 Å². The largest absolute Gasteiger partial charge is 0.379 e. The fourth-order valence-electron chi connectivity index (χ4n) is 1.91. The Kier molecular flexibility index (Phi) is 3.28. The molecule has 0 spiro atoms. The summed E-state index contributed by atoms with van der Waals surface area (Å²) in [7, 11) is 1.90. The third-order valence-electron chi connectivity index (χ3n) is 3.12. The lowest BCUT2D eigenvalue weighted by Crippen LogP contribution is -2.45. The molecule has 5 nitrogen and oxygen atoms in total. The van der Waals surface area contributed by atoms with Gasteiger partial charge in [-0.15, -0.1) is 0 Å². The van der Waals surface area contributed by atoms with Gasteiger partial charge >= 0.3 is 0 Å². The van der Waals surface area contributed by atoms with Crippen LogP contribution in [0, 0.1) is 0 Å². The van der Waals surface area contributed by atoms with E-state index < -0.39 is 0 Å². The Balaban J connectivity index is 1.86. The summed E-state index contributed by atoms with van der Waals surface area (Å²) in [5.74, 6) is 0. The highest BCUT2D eigenvalue weighted by Crippen LogP contribution is 2.18. The minimum atomic E-state index is -0.00822. The molecule has 2 rings (SSSR count). The number of hydrogen-bond donors (Lipinski definition) is 2. The van der Waals surface area contributed by atoms with Gasteiger partial charge in [0.1, 0.15) is 0 Å². The number of hydrogen-bond acceptors (Lipinski definition) is 4. The van der Waals surface area contributed by atoms with E-state index in [1.165, 1.54) is 0 Å². The van der Waals surface area contributed by atoms with Crippen LogP contribution in [-0.2, 0) is 11.8 Å². The average Bonchev–Trinajstić information content (AvgIpc) is 2.85. The zero-order valence-corrected chi connectivity index (χ0v) is 9.94. The second kappa shape index (κ2) is 4.53. The average molecular weight is 224 g/mol. The van der Waals surface area contributed by atoms with E-state index in [1.807, 2.05) is 19.4 Å². The predicted octanol–water partition coefficient (Wildman–Crippen LogP) is 0.189. The third kappa shape index (κ3) is 2.61. The van der Waals surface area contributed by atoms with Crippen molar-refractivity contribution in [2.75, 3.05) is 19.8 Å². The van der Waals surface area contributed by atoms with E-state index >= 15 is 0 Å². The summed E-state index contributed by atoms with van der Waals surface area (Å²) in [5.41, 5.74) is 7.24. The molecular weight excluding hydrogens is 204 g/mol. The molecule has 0 bridgehead atoms. The molecule has 5 heteroatoms. The maximum atomic E-state index is 6.09. The monoisotopic (exact) mass is 224 g/mol. The summed E-state index contributed by atoms with van der Waals surface area (Å²) in [4.78, 5) is 0. The van der Waals surface area contributed by atoms with Gasteiger partial charge in [-0.1, -0.05) is 0 Å². The quantitative estimate of drug-likeness (QED) is 0.766. The minimum absolute atomic E-state index is 0.00822. The van der Waals surface area contributed by atoms with Crippen molar-refractivity contribution in [1.82, 2.24) is 15.1 Å². The smallest absolute Gasteiger partial charge is 0.0646 e. The molecule has 1 aromatic heterocycles. The highest BCUT2D eigenvalue weighted by molar-refractivity contribution is 5.10. The first-order chi connectivity index (χ1) is 7.59. The van der Waals surface area contributed by atoms with Crippen LogP contribution in [0.3, 0.4) is 0 Å². The number of nitrogens with one attached hydrogen (secondary N) is 1. The number of ether oxygens (including phenoxy) is 1. The molecule has 2 heterocycles. The lowest BCUT2D eigenvalue weighted by atomic mass is 10.0. The van der Waals surface area contributed by atoms with Crippen LogP contribution in [0.25, 0.3) is 0 Å². The molecule has 2 atom stereocenters. The Morgan fingerprint density at radius 3 is 3.12 bits per heavy atom. The summed E-state index contributed by atoms with van der Waals surface area (Å²) in [6.45, 7) is 4.54. The van der Waals surface area contributed by atoms with Crippen molar-refractivity contribution in [2.24, 2.45) is 12.8 Å². The SMILES string of the molecule is Cn1cc(C(N)CNC2(C)CCOC2)cn1. The zero-order valence-electron chi connectivity index (χ0n) is 9.94. The van der Waals surface area contributed by atoms with Crippen molar-refractivity contribution in [2.45, 2.75) is 24.9 Å². The molecule has 1 saturated heterocycles. The summed E-state index contributed by atoms with van der Waals surface area (Å²) >= 11 is 0. The number of aromatic nitrogens is 2. The molecule has 0 aliphatic carbocycles. The van der Waals surface area contributed by atoms with Gasteiger partial charge in [0.2, 0.25) is 0 Å². The molecule has 1 fully saturated rings. The third-order valence-corrected chi connectivity index (χ3v) is 3.12. The summed E-state index contributed by atoms with van der Waals surface area (Å²) in [6.07, 6.45) is 4.83. The Hall–Kier alpha value is -0.910. The van der Waals surface area contributed by atoms with E-state index in [9.17, 15) is 0 Å². The molecule has 1 aromatic rings. The van der Waals surface area contributed by atoms with Gasteiger partial charge in [0, 0.05) is 43.5 Å². The Labute approximate surface area is 96.0 Å². The van der Waals surface area contributed by atoms with Gasteiger partial charge < -0.3 is 15.8 Å². The van der Waals surface area contributed by atoms with Gasteiger partial charge in [-0.2, -0.15) is 5.10 Å². The predicted molar refractivity (Wildman–Crippen MR) is 62.0 cm³/mol. The minimum Gasteiger partial charge on any atom is -0.379 e. The fraction of sp³-hybridized carbons (Fsp3) is 0.727. The van der Waals surface area contributed by atoms with Crippen molar-refractivity contribution < 1.29 is 4.74 Å². The van der Waals surface area contributed by atoms with Crippen LogP contribution in [0.2, 0.25) is 0 Å². The van der Waals surface area contributed by atoms with Gasteiger partial charge in [-0.3, -0.25) is 4.68 Å². The number of rotatable bonds is 4. The number of aryl methyl sites for hydroxylation is 1. The van der Waals surface area contributed by atoms with Crippen molar-refractivity contribution in [3.8, 4) is 0 Å². The van der Waals surface area contributed by atoms with Gasteiger partial charge in [0.05, 0.1) is 12.8 Å². The molecule has 0 saturated carbocycles. The van der Waals surface area contributed by atoms with Crippen molar-refractivity contribution in [3.05, 3.63) is 18.0 Å². The first-order valence-corrected chi connectivity index (χ1v) is 5.66. The van der Waals surface area contributed by atoms with Crippen LogP contribution < -0.4 is 11.1 Å². The Morgan fingerprint density at radius 1 is 1.75 bits per heavy atom. The fourth-order valence-corrected chi connectivity index (χ4v) is 1.91. The van der Waals surface area contributed by atoms with E-state index in [-0.39, 0.29) is 11.6 Å². The molecule has 3 N–H and O–H groups in total. The molecule has 2 unspecified atom stereocenters. The van der Waals surface area contributed by atoms with Crippen molar-refractivity contribution in [1.29, 1.82) is 0 Å². The van der Waals surface area contributed by atoms with E-state index in [2.05, 4.69) is 17.3 Å². The van der Waals surface area contributed by atoms with Crippen LogP contribution in [0.1, 0.15) is 24.9 Å². The molecular formula is C11H20N4O. The molecule has 0 amide bonds. The first-order valence-electron chi connectivity index (χ1n) is 5.66. The normalized spacial score (nSPS) is 27.2. The second-order valence-corrected chi connectivity index (χ2v) is 4.80. The van der Waals surface area contributed by atoms with E-state index in [1.54, 1.807) is 4.68 Å². The van der Waals surface area contributed by atoms with Gasteiger partial charge in [0.15, 0.2) is 0 Å². The summed E-state index contributed by atoms with van der Waals surface area (Å²) < 4.78 is 7.16. The Bertz CT molecular complexity index is 344. The van der Waals surface area contributed by atoms with Crippen LogP contribution in [-0.4, -0.2) is 35.1 Å². The van der Waals surface area contributed by atoms with Crippen LogP contribution in [0.15, 0.2) is 12.4 Å². The molecule has 90 valence electrons. The molecule has 0 aromatic carbocycles. The molecule has 0 radical (unpaired) electrons. The zero-order chi connectivity index (χ0) is 11.6. The maximum absolute atomic E-state index is 6.09. The first kappa shape index (κ1) is 11.6. The lowest BCUT2D eigenvalue weighted by molar-refractivity contribution is 0.171. The lowest BCUT2D eigenvalue weighted by Gasteiger charge is -2.25. The maximum Gasteiger partial charge on any atom is 0.0646 e. The standard InChI is InChI=1S/C11H20N4O/c1-11(3-4-16-8-11)13-6-10(12)9-5-14-15(2)7-9/h5,7,10,13H,3-4,6,8,12H2,1-2H3. The highest BCUT2D eigenvalue weighted by atomic mass is 16.5. The summed E-state index contributed by atoms with van der Waals surface area (Å²) in [5, 5.41) is 7.60. The highest BCUT2D eigenvalue weighted by Gasteiger charge is 2.29.